The Hall–Kier alpha value is -2.82. The van der Waals surface area contributed by atoms with Crippen LogP contribution >= 0.6 is 0 Å². The lowest BCUT2D eigenvalue weighted by atomic mass is 10.0. The molecule has 3 rings (SSSR count). The second-order valence-electron chi connectivity index (χ2n) is 4.94. The molecule has 5 nitrogen and oxygen atoms in total. The van der Waals surface area contributed by atoms with E-state index in [-0.39, 0.29) is 17.5 Å². The van der Waals surface area contributed by atoms with Crippen molar-refractivity contribution in [3.05, 3.63) is 59.7 Å². The first-order chi connectivity index (χ1) is 10.1. The highest BCUT2D eigenvalue weighted by atomic mass is 16.4. The maximum absolute atomic E-state index is 12.1. The van der Waals surface area contributed by atoms with Gasteiger partial charge in [0.05, 0.1) is 16.9 Å². The van der Waals surface area contributed by atoms with Crippen LogP contribution in [0.3, 0.4) is 0 Å². The van der Waals surface area contributed by atoms with Crippen LogP contribution in [0.5, 0.6) is 0 Å². The summed E-state index contributed by atoms with van der Waals surface area (Å²) in [6.07, 6.45) is 0.576. The highest BCUT2D eigenvalue weighted by Crippen LogP contribution is 2.28. The van der Waals surface area contributed by atoms with E-state index in [0.717, 1.165) is 11.3 Å². The number of carboxylic acids is 1. The lowest BCUT2D eigenvalue weighted by molar-refractivity contribution is -0.117. The van der Waals surface area contributed by atoms with E-state index in [1.165, 1.54) is 12.1 Å². The monoisotopic (exact) mass is 282 g/mol. The van der Waals surface area contributed by atoms with Crippen molar-refractivity contribution in [3.63, 3.8) is 0 Å². The normalized spacial score (nSPS) is 16.6. The molecule has 1 aliphatic heterocycles. The SMILES string of the molecule is O=C(O)c1ccc2c(c1)NC(=O)C(Cc1ccccc1)N2. The van der Waals surface area contributed by atoms with Crippen LogP contribution in [0.4, 0.5) is 11.4 Å². The van der Waals surface area contributed by atoms with E-state index in [4.69, 9.17) is 5.11 Å². The number of carboxylic acid groups (broad SMARTS) is 1. The van der Waals surface area contributed by atoms with Crippen LogP contribution in [0.1, 0.15) is 15.9 Å². The minimum atomic E-state index is -1.02. The second-order valence-corrected chi connectivity index (χ2v) is 4.94. The largest absolute Gasteiger partial charge is 0.478 e. The van der Waals surface area contributed by atoms with Crippen molar-refractivity contribution >= 4 is 23.3 Å². The van der Waals surface area contributed by atoms with Crippen molar-refractivity contribution in [1.82, 2.24) is 0 Å². The van der Waals surface area contributed by atoms with Crippen molar-refractivity contribution in [2.24, 2.45) is 0 Å². The third-order valence-corrected chi connectivity index (χ3v) is 3.45. The minimum absolute atomic E-state index is 0.150. The fraction of sp³-hybridized carbons (Fsp3) is 0.125. The molecule has 0 spiro atoms. The summed E-state index contributed by atoms with van der Waals surface area (Å²) in [5.74, 6) is -1.17. The molecule has 0 radical (unpaired) electrons. The van der Waals surface area contributed by atoms with Gasteiger partial charge in [-0.3, -0.25) is 4.79 Å². The molecule has 0 aromatic heterocycles. The molecule has 1 heterocycles. The van der Waals surface area contributed by atoms with Gasteiger partial charge in [0.15, 0.2) is 0 Å². The summed E-state index contributed by atoms with van der Waals surface area (Å²) in [5.41, 5.74) is 2.46. The van der Waals surface area contributed by atoms with Crippen molar-refractivity contribution in [1.29, 1.82) is 0 Å². The Morgan fingerprint density at radius 1 is 1.10 bits per heavy atom. The number of amides is 1. The Morgan fingerprint density at radius 2 is 1.86 bits per heavy atom. The molecule has 0 aliphatic carbocycles. The van der Waals surface area contributed by atoms with Gasteiger partial charge in [0.25, 0.3) is 0 Å². The third kappa shape index (κ3) is 2.72. The van der Waals surface area contributed by atoms with Gasteiger partial charge in [0.1, 0.15) is 6.04 Å². The van der Waals surface area contributed by atoms with Crippen LogP contribution in [0, 0.1) is 0 Å². The topological polar surface area (TPSA) is 78.4 Å². The Morgan fingerprint density at radius 3 is 2.57 bits per heavy atom. The molecule has 0 saturated carbocycles. The smallest absolute Gasteiger partial charge is 0.335 e. The first-order valence-corrected chi connectivity index (χ1v) is 6.62. The van der Waals surface area contributed by atoms with E-state index in [0.29, 0.717) is 12.1 Å². The minimum Gasteiger partial charge on any atom is -0.478 e. The number of carbonyl (C=O) groups excluding carboxylic acids is 1. The average Bonchev–Trinajstić information content (AvgIpc) is 2.48. The van der Waals surface area contributed by atoms with E-state index >= 15 is 0 Å². The molecule has 2 aromatic carbocycles. The molecule has 21 heavy (non-hydrogen) atoms. The summed E-state index contributed by atoms with van der Waals surface area (Å²) in [6, 6.07) is 14.0. The molecule has 1 aliphatic rings. The number of fused-ring (bicyclic) bond motifs is 1. The van der Waals surface area contributed by atoms with Crippen molar-refractivity contribution in [3.8, 4) is 0 Å². The zero-order valence-electron chi connectivity index (χ0n) is 11.2. The van der Waals surface area contributed by atoms with E-state index in [1.54, 1.807) is 6.07 Å². The third-order valence-electron chi connectivity index (χ3n) is 3.45. The Kier molecular flexibility index (Phi) is 3.31. The molecule has 1 amide bonds. The predicted octanol–water partition coefficient (Wildman–Crippen LogP) is 2.36. The molecule has 3 N–H and O–H groups in total. The molecule has 106 valence electrons. The Balaban J connectivity index is 1.82. The van der Waals surface area contributed by atoms with Crippen LogP contribution in [-0.4, -0.2) is 23.0 Å². The van der Waals surface area contributed by atoms with Crippen LogP contribution in [0.15, 0.2) is 48.5 Å². The fourth-order valence-corrected chi connectivity index (χ4v) is 2.37. The number of nitrogens with one attached hydrogen (secondary N) is 2. The van der Waals surface area contributed by atoms with E-state index in [2.05, 4.69) is 10.6 Å². The average molecular weight is 282 g/mol. The molecular weight excluding hydrogens is 268 g/mol. The predicted molar refractivity (Wildman–Crippen MR) is 79.6 cm³/mol. The molecule has 0 fully saturated rings. The van der Waals surface area contributed by atoms with Crippen LogP contribution in [-0.2, 0) is 11.2 Å². The van der Waals surface area contributed by atoms with Crippen molar-refractivity contribution < 1.29 is 14.7 Å². The molecule has 5 heteroatoms. The van der Waals surface area contributed by atoms with Gasteiger partial charge >= 0.3 is 5.97 Å². The second kappa shape index (κ2) is 5.28. The highest BCUT2D eigenvalue weighted by molar-refractivity contribution is 6.04. The van der Waals surface area contributed by atoms with Gasteiger partial charge in [-0.1, -0.05) is 30.3 Å². The quantitative estimate of drug-likeness (QED) is 0.807. The van der Waals surface area contributed by atoms with Crippen molar-refractivity contribution in [2.75, 3.05) is 10.6 Å². The molecule has 1 atom stereocenters. The Bertz CT molecular complexity index is 698. The zero-order valence-corrected chi connectivity index (χ0v) is 11.2. The summed E-state index contributed by atoms with van der Waals surface area (Å²) in [6.45, 7) is 0. The number of hydrogen-bond acceptors (Lipinski definition) is 3. The molecule has 0 saturated heterocycles. The van der Waals surface area contributed by atoms with Gasteiger partial charge < -0.3 is 15.7 Å². The van der Waals surface area contributed by atoms with E-state index in [1.807, 2.05) is 30.3 Å². The van der Waals surface area contributed by atoms with Crippen LogP contribution in [0.2, 0.25) is 0 Å². The van der Waals surface area contributed by atoms with E-state index in [9.17, 15) is 9.59 Å². The molecule has 2 aromatic rings. The van der Waals surface area contributed by atoms with Gasteiger partial charge in [-0.25, -0.2) is 4.79 Å². The lowest BCUT2D eigenvalue weighted by Gasteiger charge is -2.27. The zero-order chi connectivity index (χ0) is 14.8. The van der Waals surface area contributed by atoms with Gasteiger partial charge in [0, 0.05) is 6.42 Å². The number of rotatable bonds is 3. The van der Waals surface area contributed by atoms with Crippen LogP contribution in [0.25, 0.3) is 0 Å². The molecule has 0 bridgehead atoms. The van der Waals surface area contributed by atoms with Gasteiger partial charge in [-0.2, -0.15) is 0 Å². The summed E-state index contributed by atoms with van der Waals surface area (Å²) in [7, 11) is 0. The summed E-state index contributed by atoms with van der Waals surface area (Å²) < 4.78 is 0. The number of carbonyl (C=O) groups is 2. The number of anilines is 2. The Labute approximate surface area is 121 Å². The van der Waals surface area contributed by atoms with Gasteiger partial charge in [0.2, 0.25) is 5.91 Å². The standard InChI is InChI=1S/C16H14N2O3/c19-15-14(8-10-4-2-1-3-5-10)17-12-7-6-11(16(20)21)9-13(12)18-15/h1-7,9,14,17H,8H2,(H,18,19)(H,20,21). The number of hydrogen-bond donors (Lipinski definition) is 3. The maximum Gasteiger partial charge on any atom is 0.335 e. The first kappa shape index (κ1) is 13.2. The number of benzene rings is 2. The van der Waals surface area contributed by atoms with Gasteiger partial charge in [-0.15, -0.1) is 0 Å². The molecular formula is C16H14N2O3. The first-order valence-electron chi connectivity index (χ1n) is 6.62. The maximum atomic E-state index is 12.1. The summed E-state index contributed by atoms with van der Waals surface area (Å²) in [4.78, 5) is 23.1. The van der Waals surface area contributed by atoms with Crippen molar-refractivity contribution in [2.45, 2.75) is 12.5 Å². The molecule has 1 unspecified atom stereocenters. The highest BCUT2D eigenvalue weighted by Gasteiger charge is 2.26. The van der Waals surface area contributed by atoms with E-state index < -0.39 is 5.97 Å². The summed E-state index contributed by atoms with van der Waals surface area (Å²) in [5, 5.41) is 14.9. The number of aromatic carboxylic acids is 1. The van der Waals surface area contributed by atoms with Crippen LogP contribution < -0.4 is 10.6 Å². The lowest BCUT2D eigenvalue weighted by Crippen LogP contribution is -2.40. The van der Waals surface area contributed by atoms with Gasteiger partial charge in [-0.05, 0) is 23.8 Å². The summed E-state index contributed by atoms with van der Waals surface area (Å²) >= 11 is 0. The fourth-order valence-electron chi connectivity index (χ4n) is 2.37.